The Balaban J connectivity index is 0.00000242. The van der Waals surface area contributed by atoms with Crippen molar-refractivity contribution in [3.05, 3.63) is 34.9 Å². The predicted octanol–water partition coefficient (Wildman–Crippen LogP) is 3.40. The standard InChI is InChI=1S/C15H13BrClN2O2.Y/c1-2-19-14(6-5-12(16)15(19)20)11-4-3-10(9-13(11)17)21-8-7-18;/h3-4,9,12H,2,5,8H2,1H3;/q-1;. The Morgan fingerprint density at radius 2 is 2.32 bits per heavy atom. The maximum atomic E-state index is 12.2. The smallest absolute Gasteiger partial charge is 0.236 e. The Hall–Kier alpha value is -0.406. The molecule has 2 rings (SSSR count). The Kier molecular flexibility index (Phi) is 8.06. The second kappa shape index (κ2) is 9.03. The van der Waals surface area contributed by atoms with E-state index >= 15 is 0 Å². The average molecular weight is 458 g/mol. The molecule has 1 atom stereocenters. The number of nitriles is 1. The van der Waals surface area contributed by atoms with Gasteiger partial charge in [0.05, 0.1) is 4.83 Å². The van der Waals surface area contributed by atoms with Crippen molar-refractivity contribution in [2.75, 3.05) is 13.2 Å². The molecule has 22 heavy (non-hydrogen) atoms. The van der Waals surface area contributed by atoms with Gasteiger partial charge in [-0.25, -0.2) is 6.08 Å². The van der Waals surface area contributed by atoms with Crippen molar-refractivity contribution in [1.29, 1.82) is 5.26 Å². The molecule has 1 amide bonds. The number of benzene rings is 1. The zero-order chi connectivity index (χ0) is 15.4. The predicted molar refractivity (Wildman–Crippen MR) is 83.9 cm³/mol. The summed E-state index contributed by atoms with van der Waals surface area (Å²) in [4.78, 5) is 13.6. The third kappa shape index (κ3) is 4.32. The molecule has 0 saturated heterocycles. The van der Waals surface area contributed by atoms with Crippen LogP contribution in [0.3, 0.4) is 0 Å². The van der Waals surface area contributed by atoms with Crippen LogP contribution >= 0.6 is 27.5 Å². The summed E-state index contributed by atoms with van der Waals surface area (Å²) < 4.78 is 5.21. The zero-order valence-electron chi connectivity index (χ0n) is 12.0. The molecule has 0 aromatic heterocycles. The number of nitrogens with zero attached hydrogens (tertiary/aromatic N) is 2. The van der Waals surface area contributed by atoms with E-state index in [1.807, 2.05) is 13.0 Å². The van der Waals surface area contributed by atoms with Crippen molar-refractivity contribution in [2.24, 2.45) is 0 Å². The zero-order valence-corrected chi connectivity index (χ0v) is 17.2. The molecule has 1 aliphatic rings. The van der Waals surface area contributed by atoms with E-state index in [9.17, 15) is 4.79 Å². The number of hydrogen-bond donors (Lipinski definition) is 0. The van der Waals surface area contributed by atoms with Gasteiger partial charge in [-0.15, -0.1) is 28.9 Å². The molecule has 1 aromatic rings. The minimum atomic E-state index is -0.238. The average Bonchev–Trinajstić information content (AvgIpc) is 2.48. The van der Waals surface area contributed by atoms with Crippen LogP contribution in [0.15, 0.2) is 18.2 Å². The summed E-state index contributed by atoms with van der Waals surface area (Å²) in [5.41, 5.74) is 1.42. The van der Waals surface area contributed by atoms with E-state index in [1.54, 1.807) is 23.1 Å². The SMILES string of the molecule is CCN1C(=O)C(Br)C[C-]=C1c1ccc(OCC#N)cc1Cl.[Y]. The summed E-state index contributed by atoms with van der Waals surface area (Å²) in [6, 6.07) is 7.05. The van der Waals surface area contributed by atoms with Crippen molar-refractivity contribution in [1.82, 2.24) is 4.90 Å². The Labute approximate surface area is 168 Å². The quantitative estimate of drug-likeness (QED) is 0.515. The van der Waals surface area contributed by atoms with E-state index < -0.39 is 0 Å². The van der Waals surface area contributed by atoms with Crippen LogP contribution in [0.2, 0.25) is 5.02 Å². The summed E-state index contributed by atoms with van der Waals surface area (Å²) in [6.45, 7) is 2.42. The number of alkyl halides is 1. The number of halogens is 2. The fourth-order valence-electron chi connectivity index (χ4n) is 2.10. The summed E-state index contributed by atoms with van der Waals surface area (Å²) in [6.07, 6.45) is 3.72. The van der Waals surface area contributed by atoms with Gasteiger partial charge in [0, 0.05) is 39.3 Å². The van der Waals surface area contributed by atoms with Crippen molar-refractivity contribution in [3.8, 4) is 11.8 Å². The number of ether oxygens (including phenoxy) is 1. The molecule has 0 N–H and O–H groups in total. The summed E-state index contributed by atoms with van der Waals surface area (Å²) in [5, 5.41) is 8.97. The van der Waals surface area contributed by atoms with Gasteiger partial charge in [0.2, 0.25) is 5.91 Å². The van der Waals surface area contributed by atoms with Gasteiger partial charge in [0.1, 0.15) is 11.8 Å². The molecular weight excluding hydrogens is 444 g/mol. The van der Waals surface area contributed by atoms with E-state index in [0.717, 1.165) is 5.56 Å². The molecule has 1 heterocycles. The van der Waals surface area contributed by atoms with Gasteiger partial charge >= 0.3 is 0 Å². The molecule has 0 spiro atoms. The first-order valence-corrected chi connectivity index (χ1v) is 7.73. The van der Waals surface area contributed by atoms with E-state index in [0.29, 0.717) is 29.4 Å². The second-order valence-corrected chi connectivity index (χ2v) is 5.88. The van der Waals surface area contributed by atoms with Gasteiger partial charge < -0.3 is 9.64 Å². The van der Waals surface area contributed by atoms with Crippen LogP contribution in [0.4, 0.5) is 0 Å². The number of hydrogen-bond acceptors (Lipinski definition) is 3. The number of amides is 1. The topological polar surface area (TPSA) is 53.3 Å². The van der Waals surface area contributed by atoms with Crippen molar-refractivity contribution >= 4 is 39.1 Å². The molecule has 1 unspecified atom stereocenters. The van der Waals surface area contributed by atoms with Gasteiger partial charge in [-0.3, -0.25) is 4.79 Å². The number of rotatable bonds is 4. The van der Waals surface area contributed by atoms with Crippen molar-refractivity contribution < 1.29 is 42.2 Å². The normalized spacial score (nSPS) is 17.4. The fraction of sp³-hybridized carbons (Fsp3) is 0.333. The van der Waals surface area contributed by atoms with Crippen LogP contribution in [0, 0.1) is 17.4 Å². The Bertz CT molecular complexity index is 630. The van der Waals surface area contributed by atoms with Crippen LogP contribution in [-0.4, -0.2) is 28.8 Å². The molecule has 4 nitrogen and oxygen atoms in total. The fourth-order valence-corrected chi connectivity index (χ4v) is 2.77. The summed E-state index contributed by atoms with van der Waals surface area (Å²) in [7, 11) is 0. The molecule has 1 radical (unpaired) electrons. The molecular formula is C15H13BrClN2O2Y-. The maximum Gasteiger partial charge on any atom is 0.236 e. The van der Waals surface area contributed by atoms with Gasteiger partial charge in [-0.2, -0.15) is 5.26 Å². The molecule has 7 heteroatoms. The monoisotopic (exact) mass is 456 g/mol. The minimum Gasteiger partial charge on any atom is -0.479 e. The third-order valence-electron chi connectivity index (χ3n) is 3.07. The van der Waals surface area contributed by atoms with Crippen molar-refractivity contribution in [2.45, 2.75) is 18.2 Å². The van der Waals surface area contributed by atoms with Gasteiger partial charge in [0.25, 0.3) is 0 Å². The Morgan fingerprint density at radius 3 is 2.91 bits per heavy atom. The summed E-state index contributed by atoms with van der Waals surface area (Å²) >= 11 is 9.62. The molecule has 0 aliphatic carbocycles. The van der Waals surface area contributed by atoms with E-state index in [2.05, 4.69) is 22.0 Å². The number of allylic oxidation sites excluding steroid dienone is 1. The summed E-state index contributed by atoms with van der Waals surface area (Å²) in [5.74, 6) is 0.529. The minimum absolute atomic E-state index is 0. The number of carbonyl (C=O) groups is 1. The maximum absolute atomic E-state index is 12.2. The Morgan fingerprint density at radius 1 is 1.59 bits per heavy atom. The first-order chi connectivity index (χ1) is 10.1. The second-order valence-electron chi connectivity index (χ2n) is 4.37. The van der Waals surface area contributed by atoms with Crippen LogP contribution < -0.4 is 4.74 Å². The van der Waals surface area contributed by atoms with E-state index in [-0.39, 0.29) is 50.1 Å². The first kappa shape index (κ1) is 19.6. The third-order valence-corrected chi connectivity index (χ3v) is 4.10. The van der Waals surface area contributed by atoms with Crippen LogP contribution in [-0.2, 0) is 37.5 Å². The molecule has 113 valence electrons. The molecule has 0 bridgehead atoms. The number of carbonyl (C=O) groups excluding carboxylic acids is 1. The van der Waals surface area contributed by atoms with Gasteiger partial charge in [-0.1, -0.05) is 22.4 Å². The van der Waals surface area contributed by atoms with Gasteiger partial charge in [0.15, 0.2) is 6.61 Å². The van der Waals surface area contributed by atoms with E-state index in [4.69, 9.17) is 21.6 Å². The molecule has 0 fully saturated rings. The molecule has 1 aromatic carbocycles. The molecule has 1 aliphatic heterocycles. The van der Waals surface area contributed by atoms with Gasteiger partial charge in [-0.05, 0) is 24.1 Å². The van der Waals surface area contributed by atoms with Crippen LogP contribution in [0.1, 0.15) is 18.9 Å². The molecule has 0 saturated carbocycles. The first-order valence-electron chi connectivity index (χ1n) is 6.44. The van der Waals surface area contributed by atoms with Crippen LogP contribution in [0.5, 0.6) is 5.75 Å². The van der Waals surface area contributed by atoms with Crippen LogP contribution in [0.25, 0.3) is 5.70 Å². The largest absolute Gasteiger partial charge is 0.479 e. The van der Waals surface area contributed by atoms with Crippen molar-refractivity contribution in [3.63, 3.8) is 0 Å². The van der Waals surface area contributed by atoms with E-state index in [1.165, 1.54) is 0 Å².